The molecule has 352 valence electrons. The first kappa shape index (κ1) is 52.8. The minimum atomic E-state index is -0.623. The van der Waals surface area contributed by atoms with Crippen molar-refractivity contribution in [2.24, 2.45) is 22.7 Å². The maximum atomic E-state index is 14.2. The van der Waals surface area contributed by atoms with Crippen molar-refractivity contribution >= 4 is 69.8 Å². The van der Waals surface area contributed by atoms with Crippen molar-refractivity contribution in [3.63, 3.8) is 0 Å². The Morgan fingerprint density at radius 1 is 0.591 bits per heavy atom. The fourth-order valence-corrected chi connectivity index (χ4v) is 11.3. The topological polar surface area (TPSA) is 74.8 Å². The van der Waals surface area contributed by atoms with Gasteiger partial charge >= 0.3 is 0 Å². The number of carbonyl (C=O) groups is 4. The van der Waals surface area contributed by atoms with Gasteiger partial charge in [-0.2, -0.15) is 0 Å². The molecule has 2 fully saturated rings. The molecule has 4 aromatic rings. The van der Waals surface area contributed by atoms with Gasteiger partial charge in [-0.15, -0.1) is 13.2 Å². The standard InChI is InChI=1S/2C28H33Cl2NO2/c2*1-6-15-28(5)17-24(21-9-8-10-23(30)16-21)26(20-11-13-22(29)14-12-20)31(27(28)33)25(7-2)18(3)19(4)32/h2*6,8-14,16,18,24-26H,1,7,15,17H2,2-5H3/t18-,24+,25?,26+,28-;18-,24-,25?,26-,28+/m01/s1. The Hall–Kier alpha value is -4.20. The van der Waals surface area contributed by atoms with Crippen molar-refractivity contribution < 1.29 is 19.2 Å². The monoisotopic (exact) mass is 970 g/mol. The van der Waals surface area contributed by atoms with Crippen molar-refractivity contribution in [2.45, 2.75) is 130 Å². The summed E-state index contributed by atoms with van der Waals surface area (Å²) < 4.78 is 0. The summed E-state index contributed by atoms with van der Waals surface area (Å²) in [5, 5.41) is 2.63. The minimum absolute atomic E-state index is 0.000679. The molecule has 4 aromatic carbocycles. The van der Waals surface area contributed by atoms with Crippen molar-refractivity contribution in [2.75, 3.05) is 0 Å². The smallest absolute Gasteiger partial charge is 0.229 e. The number of hydrogen-bond donors (Lipinski definition) is 0. The molecule has 0 aromatic heterocycles. The van der Waals surface area contributed by atoms with Crippen LogP contribution in [0.15, 0.2) is 122 Å². The van der Waals surface area contributed by atoms with Gasteiger partial charge in [0.15, 0.2) is 0 Å². The lowest BCUT2D eigenvalue weighted by molar-refractivity contribution is -0.158. The van der Waals surface area contributed by atoms with E-state index in [9.17, 15) is 19.2 Å². The number of Topliss-reactive ketones (excluding diaryl/α,β-unsaturated/α-hetero) is 2. The molecule has 0 N–H and O–H groups in total. The number of ketones is 2. The lowest BCUT2D eigenvalue weighted by Crippen LogP contribution is -2.57. The molecular formula is C56H66Cl4N2O4. The molecule has 2 amide bonds. The van der Waals surface area contributed by atoms with Crippen LogP contribution in [0.5, 0.6) is 0 Å². The van der Waals surface area contributed by atoms with Gasteiger partial charge in [0.1, 0.15) is 11.6 Å². The Morgan fingerprint density at radius 2 is 0.924 bits per heavy atom. The molecule has 6 rings (SSSR count). The molecule has 2 aliphatic heterocycles. The number of amides is 2. The summed E-state index contributed by atoms with van der Waals surface area (Å²) >= 11 is 25.2. The first-order chi connectivity index (χ1) is 31.2. The van der Waals surface area contributed by atoms with Crippen LogP contribution in [0, 0.1) is 22.7 Å². The zero-order chi connectivity index (χ0) is 48.7. The molecule has 66 heavy (non-hydrogen) atoms. The summed E-state index contributed by atoms with van der Waals surface area (Å²) in [6, 6.07) is 30.3. The molecule has 2 heterocycles. The summed E-state index contributed by atoms with van der Waals surface area (Å²) in [6.45, 7) is 23.1. The molecule has 0 radical (unpaired) electrons. The first-order valence-electron chi connectivity index (χ1n) is 23.2. The van der Waals surface area contributed by atoms with Crippen LogP contribution in [-0.4, -0.2) is 45.3 Å². The molecule has 10 atom stereocenters. The van der Waals surface area contributed by atoms with Gasteiger partial charge in [0, 0.05) is 55.8 Å². The van der Waals surface area contributed by atoms with Gasteiger partial charge in [0.2, 0.25) is 11.8 Å². The quantitative estimate of drug-likeness (QED) is 0.105. The molecule has 0 bridgehead atoms. The number of piperidine rings is 2. The van der Waals surface area contributed by atoms with E-state index in [1.807, 2.05) is 148 Å². The predicted octanol–water partition coefficient (Wildman–Crippen LogP) is 15.3. The van der Waals surface area contributed by atoms with E-state index in [0.717, 1.165) is 22.3 Å². The second-order valence-corrected chi connectivity index (χ2v) is 20.8. The number of benzene rings is 4. The zero-order valence-corrected chi connectivity index (χ0v) is 42.7. The molecule has 6 nitrogen and oxygen atoms in total. The van der Waals surface area contributed by atoms with Gasteiger partial charge in [-0.1, -0.05) is 149 Å². The van der Waals surface area contributed by atoms with Gasteiger partial charge < -0.3 is 9.80 Å². The zero-order valence-electron chi connectivity index (χ0n) is 39.7. The molecule has 2 aliphatic rings. The number of rotatable bonds is 16. The number of carbonyl (C=O) groups excluding carboxylic acids is 4. The Labute approximate surface area is 413 Å². The molecule has 10 heteroatoms. The summed E-state index contributed by atoms with van der Waals surface area (Å²) in [7, 11) is 0. The Morgan fingerprint density at radius 3 is 1.20 bits per heavy atom. The highest BCUT2D eigenvalue weighted by Gasteiger charge is 2.53. The summed E-state index contributed by atoms with van der Waals surface area (Å²) in [5.41, 5.74) is 2.93. The van der Waals surface area contributed by atoms with Gasteiger partial charge in [-0.3, -0.25) is 19.2 Å². The second-order valence-electron chi connectivity index (χ2n) is 19.0. The molecule has 0 aliphatic carbocycles. The predicted molar refractivity (Wildman–Crippen MR) is 273 cm³/mol. The van der Waals surface area contributed by atoms with Crippen molar-refractivity contribution in [1.29, 1.82) is 0 Å². The van der Waals surface area contributed by atoms with Crippen LogP contribution in [0.3, 0.4) is 0 Å². The van der Waals surface area contributed by atoms with Crippen molar-refractivity contribution in [3.05, 3.63) is 165 Å². The Kier molecular flexibility index (Phi) is 18.2. The van der Waals surface area contributed by atoms with E-state index in [2.05, 4.69) is 25.3 Å². The van der Waals surface area contributed by atoms with Gasteiger partial charge in [-0.25, -0.2) is 0 Å². The normalized spacial score (nSPS) is 24.9. The Balaban J connectivity index is 0.000000247. The average Bonchev–Trinajstić information content (AvgIpc) is 3.28. The summed E-state index contributed by atoms with van der Waals surface area (Å²) in [6.07, 6.45) is 7.47. The number of allylic oxidation sites excluding steroid dienone is 2. The van der Waals surface area contributed by atoms with E-state index in [1.165, 1.54) is 0 Å². The third-order valence-corrected chi connectivity index (χ3v) is 15.3. The lowest BCUT2D eigenvalue weighted by atomic mass is 9.66. The lowest BCUT2D eigenvalue weighted by Gasteiger charge is -2.53. The van der Waals surface area contributed by atoms with Crippen LogP contribution in [-0.2, 0) is 19.2 Å². The van der Waals surface area contributed by atoms with Gasteiger partial charge in [-0.05, 0) is 123 Å². The molecule has 0 saturated carbocycles. The number of hydrogen-bond acceptors (Lipinski definition) is 4. The first-order valence-corrected chi connectivity index (χ1v) is 24.7. The van der Waals surface area contributed by atoms with E-state index in [-0.39, 0.29) is 71.2 Å². The van der Waals surface area contributed by atoms with Crippen LogP contribution in [0.4, 0.5) is 0 Å². The van der Waals surface area contributed by atoms with Crippen molar-refractivity contribution in [3.8, 4) is 0 Å². The summed E-state index contributed by atoms with van der Waals surface area (Å²) in [5.74, 6) is -0.248. The summed E-state index contributed by atoms with van der Waals surface area (Å²) in [4.78, 5) is 57.3. The molecule has 2 unspecified atom stereocenters. The maximum absolute atomic E-state index is 14.2. The van der Waals surface area contributed by atoms with E-state index < -0.39 is 10.8 Å². The minimum Gasteiger partial charge on any atom is -0.331 e. The number of nitrogens with zero attached hydrogens (tertiary/aromatic N) is 2. The third-order valence-electron chi connectivity index (χ3n) is 14.4. The van der Waals surface area contributed by atoms with E-state index in [0.29, 0.717) is 58.6 Å². The van der Waals surface area contributed by atoms with Crippen LogP contribution in [0.2, 0.25) is 20.1 Å². The number of halogens is 4. The maximum Gasteiger partial charge on any atom is 0.229 e. The fraction of sp³-hybridized carbons (Fsp3) is 0.429. The van der Waals surface area contributed by atoms with Gasteiger partial charge in [0.05, 0.1) is 22.9 Å². The van der Waals surface area contributed by atoms with E-state index >= 15 is 0 Å². The number of likely N-dealkylation sites (tertiary alicyclic amines) is 2. The highest BCUT2D eigenvalue weighted by molar-refractivity contribution is 6.31. The van der Waals surface area contributed by atoms with Gasteiger partial charge in [0.25, 0.3) is 0 Å². The SMILES string of the molecule is C=CC[C@@]1(C)C[C@H](c2cccc(Cl)c2)[C@@H](c2ccc(Cl)cc2)N(C(CC)[C@@H](C)C(C)=O)C1=O.C=CC[C@@]1(C)C[C@H](c2cccc(Cl)c2)[C@@H](c2ccc(Cl)cc2)N(C(CC)[C@H](C)C(C)=O)C1=O. The average molecular weight is 973 g/mol. The molecule has 2 saturated heterocycles. The fourth-order valence-electron chi connectivity index (χ4n) is 10.6. The van der Waals surface area contributed by atoms with Crippen LogP contribution in [0.1, 0.15) is 140 Å². The largest absolute Gasteiger partial charge is 0.331 e. The van der Waals surface area contributed by atoms with Crippen LogP contribution < -0.4 is 0 Å². The molecule has 0 spiro atoms. The van der Waals surface area contributed by atoms with Crippen molar-refractivity contribution in [1.82, 2.24) is 9.80 Å². The Bertz CT molecular complexity index is 2200. The van der Waals surface area contributed by atoms with E-state index in [4.69, 9.17) is 46.4 Å². The molecular weight excluding hydrogens is 906 g/mol. The highest BCUT2D eigenvalue weighted by atomic mass is 35.5. The van der Waals surface area contributed by atoms with Crippen LogP contribution in [0.25, 0.3) is 0 Å². The second kappa shape index (κ2) is 22.7. The van der Waals surface area contributed by atoms with E-state index in [1.54, 1.807) is 13.8 Å². The van der Waals surface area contributed by atoms with Crippen LogP contribution >= 0.6 is 46.4 Å². The third kappa shape index (κ3) is 11.5. The highest BCUT2D eigenvalue weighted by Crippen LogP contribution is 2.54.